The summed E-state index contributed by atoms with van der Waals surface area (Å²) < 4.78 is 40.0. The minimum Gasteiger partial charge on any atom is -0.268 e. The number of amides is 2. The number of rotatable bonds is 1. The highest BCUT2D eigenvalue weighted by Crippen LogP contribution is 2.44. The van der Waals surface area contributed by atoms with Gasteiger partial charge in [0.1, 0.15) is 0 Å². The van der Waals surface area contributed by atoms with E-state index in [1.54, 1.807) is 0 Å². The number of anilines is 1. The highest BCUT2D eigenvalue weighted by Gasteiger charge is 2.43. The molecular weight excluding hydrogens is 399 g/mol. The quantitative estimate of drug-likeness (QED) is 0.633. The van der Waals surface area contributed by atoms with Gasteiger partial charge in [-0.25, -0.2) is 4.90 Å². The molecule has 118 valence electrons. The van der Waals surface area contributed by atoms with E-state index in [-0.39, 0.29) is 20.6 Å². The second-order valence-electron chi connectivity index (χ2n) is 4.77. The minimum absolute atomic E-state index is 0.0459. The van der Waals surface area contributed by atoms with Gasteiger partial charge >= 0.3 is 6.18 Å². The monoisotopic (exact) mass is 403 g/mol. The number of halogens is 5. The van der Waals surface area contributed by atoms with Gasteiger partial charge < -0.3 is 0 Å². The van der Waals surface area contributed by atoms with Gasteiger partial charge in [0.15, 0.2) is 0 Å². The van der Waals surface area contributed by atoms with Crippen LogP contribution in [-0.4, -0.2) is 11.8 Å². The minimum atomic E-state index is -4.78. The molecule has 0 radical (unpaired) electrons. The summed E-state index contributed by atoms with van der Waals surface area (Å²) in [5.41, 5.74) is -1.73. The predicted octanol–water partition coefficient (Wildman–Crippen LogP) is 4.92. The van der Waals surface area contributed by atoms with Crippen molar-refractivity contribution < 1.29 is 22.8 Å². The van der Waals surface area contributed by atoms with Crippen LogP contribution in [0.3, 0.4) is 0 Å². The van der Waals surface area contributed by atoms with Crippen LogP contribution in [0.1, 0.15) is 26.3 Å². The van der Waals surface area contributed by atoms with Crippen LogP contribution >= 0.6 is 27.5 Å². The summed E-state index contributed by atoms with van der Waals surface area (Å²) in [6, 6.07) is 7.81. The number of benzene rings is 2. The van der Waals surface area contributed by atoms with E-state index in [9.17, 15) is 22.8 Å². The van der Waals surface area contributed by atoms with Crippen molar-refractivity contribution in [3.05, 3.63) is 62.6 Å². The molecule has 0 saturated carbocycles. The third-order valence-corrected chi connectivity index (χ3v) is 4.10. The predicted molar refractivity (Wildman–Crippen MR) is 81.7 cm³/mol. The first-order valence-electron chi connectivity index (χ1n) is 6.26. The Morgan fingerprint density at radius 3 is 2.00 bits per heavy atom. The van der Waals surface area contributed by atoms with Gasteiger partial charge in [-0.3, -0.25) is 9.59 Å². The molecule has 2 amide bonds. The van der Waals surface area contributed by atoms with Gasteiger partial charge in [0.05, 0.1) is 27.4 Å². The third-order valence-electron chi connectivity index (χ3n) is 3.35. The summed E-state index contributed by atoms with van der Waals surface area (Å²) >= 11 is 8.85. The Morgan fingerprint density at radius 2 is 1.52 bits per heavy atom. The molecule has 3 nitrogen and oxygen atoms in total. The SMILES string of the molecule is O=C1c2ccccc2C(=O)N1c1c(Cl)cc(Br)cc1C(F)(F)F. The van der Waals surface area contributed by atoms with E-state index in [0.29, 0.717) is 4.90 Å². The van der Waals surface area contributed by atoms with Crippen LogP contribution in [0.5, 0.6) is 0 Å². The zero-order chi connectivity index (χ0) is 16.9. The van der Waals surface area contributed by atoms with Crippen LogP contribution in [0.2, 0.25) is 5.02 Å². The van der Waals surface area contributed by atoms with E-state index in [1.165, 1.54) is 30.3 Å². The lowest BCUT2D eigenvalue weighted by Gasteiger charge is -2.21. The molecule has 23 heavy (non-hydrogen) atoms. The van der Waals surface area contributed by atoms with Crippen molar-refractivity contribution in [2.24, 2.45) is 0 Å². The summed E-state index contributed by atoms with van der Waals surface area (Å²) in [6.07, 6.45) is -4.78. The van der Waals surface area contributed by atoms with Crippen LogP contribution < -0.4 is 4.90 Å². The molecule has 1 aliphatic rings. The Bertz CT molecular complexity index is 816. The van der Waals surface area contributed by atoms with Crippen molar-refractivity contribution >= 4 is 45.0 Å². The average Bonchev–Trinajstić information content (AvgIpc) is 2.71. The molecule has 0 spiro atoms. The summed E-state index contributed by atoms with van der Waals surface area (Å²) in [5, 5.41) is -0.346. The zero-order valence-electron chi connectivity index (χ0n) is 11.1. The number of fused-ring (bicyclic) bond motifs is 1. The van der Waals surface area contributed by atoms with E-state index in [0.717, 1.165) is 6.07 Å². The van der Waals surface area contributed by atoms with Gasteiger partial charge in [-0.2, -0.15) is 13.2 Å². The normalized spacial score (nSPS) is 14.4. The molecule has 0 aliphatic carbocycles. The van der Waals surface area contributed by atoms with E-state index < -0.39 is 29.2 Å². The van der Waals surface area contributed by atoms with Gasteiger partial charge in [-0.05, 0) is 24.3 Å². The van der Waals surface area contributed by atoms with Gasteiger partial charge in [-0.1, -0.05) is 39.7 Å². The number of nitrogens with zero attached hydrogens (tertiary/aromatic N) is 1. The first-order chi connectivity index (χ1) is 10.7. The maximum atomic E-state index is 13.3. The van der Waals surface area contributed by atoms with Crippen LogP contribution in [0.15, 0.2) is 40.9 Å². The molecule has 2 aromatic rings. The molecule has 3 rings (SSSR count). The number of carbonyl (C=O) groups is 2. The number of hydrogen-bond donors (Lipinski definition) is 0. The highest BCUT2D eigenvalue weighted by atomic mass is 79.9. The second kappa shape index (κ2) is 5.35. The van der Waals surface area contributed by atoms with E-state index in [1.807, 2.05) is 0 Å². The maximum Gasteiger partial charge on any atom is 0.418 e. The lowest BCUT2D eigenvalue weighted by Crippen LogP contribution is -2.32. The van der Waals surface area contributed by atoms with E-state index >= 15 is 0 Å². The molecule has 0 bridgehead atoms. The lowest BCUT2D eigenvalue weighted by atomic mass is 10.1. The topological polar surface area (TPSA) is 37.4 Å². The molecule has 8 heteroatoms. The summed E-state index contributed by atoms with van der Waals surface area (Å²) in [6.45, 7) is 0. The summed E-state index contributed by atoms with van der Waals surface area (Å²) in [7, 11) is 0. The van der Waals surface area contributed by atoms with E-state index in [2.05, 4.69) is 15.9 Å². The molecular formula is C15H6BrClF3NO2. The average molecular weight is 405 g/mol. The molecule has 0 saturated heterocycles. The maximum absolute atomic E-state index is 13.3. The fourth-order valence-electron chi connectivity index (χ4n) is 2.40. The molecule has 1 aliphatic heterocycles. The molecule has 0 fully saturated rings. The Morgan fingerprint density at radius 1 is 1.00 bits per heavy atom. The van der Waals surface area contributed by atoms with Crippen LogP contribution in [0.25, 0.3) is 0 Å². The molecule has 1 heterocycles. The van der Waals surface area contributed by atoms with Crippen LogP contribution in [0.4, 0.5) is 18.9 Å². The Labute approximate surface area is 141 Å². The Kier molecular flexibility index (Phi) is 3.72. The van der Waals surface area contributed by atoms with Crippen molar-refractivity contribution in [3.63, 3.8) is 0 Å². The van der Waals surface area contributed by atoms with E-state index in [4.69, 9.17) is 11.6 Å². The fraction of sp³-hybridized carbons (Fsp3) is 0.0667. The Hall–Kier alpha value is -1.86. The second-order valence-corrected chi connectivity index (χ2v) is 6.10. The van der Waals surface area contributed by atoms with Crippen LogP contribution in [0, 0.1) is 0 Å². The Balaban J connectivity index is 2.25. The smallest absolute Gasteiger partial charge is 0.268 e. The summed E-state index contributed by atoms with van der Waals surface area (Å²) in [5.74, 6) is -1.67. The lowest BCUT2D eigenvalue weighted by molar-refractivity contribution is -0.137. The number of alkyl halides is 3. The van der Waals surface area contributed by atoms with Crippen molar-refractivity contribution in [2.45, 2.75) is 6.18 Å². The number of carbonyl (C=O) groups excluding carboxylic acids is 2. The van der Waals surface area contributed by atoms with Gasteiger partial charge in [0.2, 0.25) is 0 Å². The molecule has 0 aromatic heterocycles. The molecule has 0 unspecified atom stereocenters. The van der Waals surface area contributed by atoms with Crippen molar-refractivity contribution in [1.29, 1.82) is 0 Å². The zero-order valence-corrected chi connectivity index (χ0v) is 13.5. The fourth-order valence-corrected chi connectivity index (χ4v) is 3.30. The van der Waals surface area contributed by atoms with Gasteiger partial charge in [0.25, 0.3) is 11.8 Å². The van der Waals surface area contributed by atoms with Crippen molar-refractivity contribution in [3.8, 4) is 0 Å². The van der Waals surface area contributed by atoms with Gasteiger partial charge in [0, 0.05) is 4.47 Å². The largest absolute Gasteiger partial charge is 0.418 e. The third kappa shape index (κ3) is 2.53. The number of hydrogen-bond acceptors (Lipinski definition) is 2. The first kappa shape index (κ1) is 16.0. The molecule has 2 aromatic carbocycles. The standard InChI is InChI=1S/C15H6BrClF3NO2/c16-7-5-10(15(18,19)20)12(11(17)6-7)21-13(22)8-3-1-2-4-9(8)14(21)23/h1-6H. The van der Waals surface area contributed by atoms with Crippen molar-refractivity contribution in [1.82, 2.24) is 0 Å². The molecule has 0 N–H and O–H groups in total. The summed E-state index contributed by atoms with van der Waals surface area (Å²) in [4.78, 5) is 25.3. The van der Waals surface area contributed by atoms with Gasteiger partial charge in [-0.15, -0.1) is 0 Å². The number of imide groups is 1. The van der Waals surface area contributed by atoms with Crippen LogP contribution in [-0.2, 0) is 6.18 Å². The molecule has 0 atom stereocenters. The van der Waals surface area contributed by atoms with Crippen molar-refractivity contribution in [2.75, 3.05) is 4.90 Å². The first-order valence-corrected chi connectivity index (χ1v) is 7.43. The highest BCUT2D eigenvalue weighted by molar-refractivity contribution is 9.10.